The number of carbonyl (C=O) groups excluding carboxylic acids is 1. The van der Waals surface area contributed by atoms with Gasteiger partial charge in [0.05, 0.1) is 0 Å². The second-order valence-corrected chi connectivity index (χ2v) is 4.63. The van der Waals surface area contributed by atoms with Gasteiger partial charge in [0, 0.05) is 17.7 Å². The normalized spacial score (nSPS) is 12.4. The number of Topliss-reactive ketones (excluding diaryl/α,β-unsaturated/α-hetero) is 1. The van der Waals surface area contributed by atoms with Crippen LogP contribution in [0.1, 0.15) is 56.3 Å². The summed E-state index contributed by atoms with van der Waals surface area (Å²) in [5, 5.41) is 0. The second kappa shape index (κ2) is 7.10. The number of rotatable bonds is 7. The molecule has 1 aromatic rings. The van der Waals surface area contributed by atoms with Gasteiger partial charge in [-0.05, 0) is 18.1 Å². The van der Waals surface area contributed by atoms with E-state index in [-0.39, 0.29) is 5.78 Å². The summed E-state index contributed by atoms with van der Waals surface area (Å²) in [7, 11) is 0. The molecule has 0 aliphatic carbocycles. The minimum Gasteiger partial charge on any atom is -0.398 e. The van der Waals surface area contributed by atoms with Gasteiger partial charge in [0.15, 0.2) is 5.78 Å². The molecule has 2 N–H and O–H groups in total. The first-order chi connectivity index (χ1) is 8.19. The zero-order valence-corrected chi connectivity index (χ0v) is 10.9. The van der Waals surface area contributed by atoms with Gasteiger partial charge in [-0.25, -0.2) is 0 Å². The molecule has 0 heterocycles. The van der Waals surface area contributed by atoms with Crippen LogP contribution in [0.25, 0.3) is 0 Å². The standard InChI is InChI=1S/C15H23NO/c1-3-5-8-12(4-2)11-15(17)13-9-6-7-10-14(13)16/h6-7,9-10,12H,3-5,8,11,16H2,1-2H3. The Kier molecular flexibility index (Phi) is 5.75. The molecule has 1 unspecified atom stereocenters. The monoisotopic (exact) mass is 233 g/mol. The summed E-state index contributed by atoms with van der Waals surface area (Å²) in [5.41, 5.74) is 7.10. The van der Waals surface area contributed by atoms with Crippen molar-refractivity contribution in [1.29, 1.82) is 0 Å². The lowest BCUT2D eigenvalue weighted by Crippen LogP contribution is -2.10. The van der Waals surface area contributed by atoms with Crippen LogP contribution < -0.4 is 5.73 Å². The highest BCUT2D eigenvalue weighted by Crippen LogP contribution is 2.21. The van der Waals surface area contributed by atoms with Gasteiger partial charge < -0.3 is 5.73 Å². The molecular weight excluding hydrogens is 210 g/mol. The minimum absolute atomic E-state index is 0.186. The summed E-state index contributed by atoms with van der Waals surface area (Å²) in [6.07, 6.45) is 5.24. The van der Waals surface area contributed by atoms with Crippen molar-refractivity contribution in [2.24, 2.45) is 5.92 Å². The highest BCUT2D eigenvalue weighted by Gasteiger charge is 2.14. The van der Waals surface area contributed by atoms with Crippen LogP contribution in [0.4, 0.5) is 5.69 Å². The van der Waals surface area contributed by atoms with E-state index in [4.69, 9.17) is 5.73 Å². The summed E-state index contributed by atoms with van der Waals surface area (Å²) in [6, 6.07) is 7.35. The number of hydrogen-bond acceptors (Lipinski definition) is 2. The van der Waals surface area contributed by atoms with Gasteiger partial charge in [0.2, 0.25) is 0 Å². The topological polar surface area (TPSA) is 43.1 Å². The lowest BCUT2D eigenvalue weighted by atomic mass is 9.91. The average Bonchev–Trinajstić information content (AvgIpc) is 2.34. The van der Waals surface area contributed by atoms with Crippen molar-refractivity contribution in [3.8, 4) is 0 Å². The van der Waals surface area contributed by atoms with Crippen LogP contribution in [-0.4, -0.2) is 5.78 Å². The van der Waals surface area contributed by atoms with Gasteiger partial charge in [-0.1, -0.05) is 51.7 Å². The van der Waals surface area contributed by atoms with Gasteiger partial charge in [0.1, 0.15) is 0 Å². The molecule has 0 bridgehead atoms. The molecule has 0 saturated heterocycles. The van der Waals surface area contributed by atoms with E-state index in [1.807, 2.05) is 18.2 Å². The Morgan fingerprint density at radius 3 is 2.59 bits per heavy atom. The molecule has 1 aromatic carbocycles. The van der Waals surface area contributed by atoms with E-state index >= 15 is 0 Å². The maximum atomic E-state index is 12.1. The first kappa shape index (κ1) is 13.8. The predicted molar refractivity (Wildman–Crippen MR) is 73.1 cm³/mol. The Hall–Kier alpha value is -1.31. The number of benzene rings is 1. The molecule has 2 heteroatoms. The SMILES string of the molecule is CCCCC(CC)CC(=O)c1ccccc1N. The lowest BCUT2D eigenvalue weighted by Gasteiger charge is -2.14. The summed E-state index contributed by atoms with van der Waals surface area (Å²) in [6.45, 7) is 4.34. The van der Waals surface area contributed by atoms with Crippen molar-refractivity contribution >= 4 is 11.5 Å². The van der Waals surface area contributed by atoms with Crippen molar-refractivity contribution in [2.45, 2.75) is 46.0 Å². The zero-order chi connectivity index (χ0) is 12.7. The number of carbonyl (C=O) groups is 1. The Morgan fingerprint density at radius 2 is 2.00 bits per heavy atom. The predicted octanol–water partition coefficient (Wildman–Crippen LogP) is 4.06. The highest BCUT2D eigenvalue weighted by molar-refractivity contribution is 6.00. The van der Waals surface area contributed by atoms with E-state index in [9.17, 15) is 4.79 Å². The maximum Gasteiger partial charge on any atom is 0.165 e. The van der Waals surface area contributed by atoms with Crippen molar-refractivity contribution in [3.05, 3.63) is 29.8 Å². The van der Waals surface area contributed by atoms with Gasteiger partial charge in [-0.3, -0.25) is 4.79 Å². The smallest absolute Gasteiger partial charge is 0.165 e. The molecule has 0 fully saturated rings. The Labute approximate surface area is 104 Å². The summed E-state index contributed by atoms with van der Waals surface area (Å²) < 4.78 is 0. The van der Waals surface area contributed by atoms with E-state index in [1.165, 1.54) is 12.8 Å². The number of para-hydroxylation sites is 1. The Morgan fingerprint density at radius 1 is 1.29 bits per heavy atom. The van der Waals surface area contributed by atoms with E-state index in [0.717, 1.165) is 12.8 Å². The molecule has 1 rings (SSSR count). The number of anilines is 1. The third-order valence-electron chi connectivity index (χ3n) is 3.28. The second-order valence-electron chi connectivity index (χ2n) is 4.63. The fraction of sp³-hybridized carbons (Fsp3) is 0.533. The molecule has 1 atom stereocenters. The van der Waals surface area contributed by atoms with Crippen LogP contribution in [-0.2, 0) is 0 Å². The number of unbranched alkanes of at least 4 members (excludes halogenated alkanes) is 1. The molecule has 0 aromatic heterocycles. The molecule has 17 heavy (non-hydrogen) atoms. The summed E-state index contributed by atoms with van der Waals surface area (Å²) in [4.78, 5) is 12.1. The number of ketones is 1. The van der Waals surface area contributed by atoms with Crippen LogP contribution in [0.15, 0.2) is 24.3 Å². The minimum atomic E-state index is 0.186. The van der Waals surface area contributed by atoms with Crippen LogP contribution in [0.2, 0.25) is 0 Å². The molecule has 0 spiro atoms. The van der Waals surface area contributed by atoms with Crippen molar-refractivity contribution in [1.82, 2.24) is 0 Å². The zero-order valence-electron chi connectivity index (χ0n) is 10.9. The van der Waals surface area contributed by atoms with Gasteiger partial charge in [0.25, 0.3) is 0 Å². The summed E-state index contributed by atoms with van der Waals surface area (Å²) >= 11 is 0. The quantitative estimate of drug-likeness (QED) is 0.570. The Balaban J connectivity index is 2.61. The Bertz CT molecular complexity index is 360. The first-order valence-electron chi connectivity index (χ1n) is 6.56. The summed E-state index contributed by atoms with van der Waals surface area (Å²) in [5.74, 6) is 0.688. The van der Waals surface area contributed by atoms with Crippen LogP contribution in [0.5, 0.6) is 0 Å². The van der Waals surface area contributed by atoms with Crippen LogP contribution in [0, 0.1) is 5.92 Å². The van der Waals surface area contributed by atoms with Crippen LogP contribution >= 0.6 is 0 Å². The molecular formula is C15H23NO. The first-order valence-corrected chi connectivity index (χ1v) is 6.56. The average molecular weight is 233 g/mol. The fourth-order valence-corrected chi connectivity index (χ4v) is 2.07. The highest BCUT2D eigenvalue weighted by atomic mass is 16.1. The molecule has 0 aliphatic heterocycles. The maximum absolute atomic E-state index is 12.1. The van der Waals surface area contributed by atoms with Gasteiger partial charge in [-0.2, -0.15) is 0 Å². The van der Waals surface area contributed by atoms with E-state index in [0.29, 0.717) is 23.6 Å². The molecule has 0 saturated carbocycles. The molecule has 0 radical (unpaired) electrons. The van der Waals surface area contributed by atoms with Gasteiger partial charge >= 0.3 is 0 Å². The molecule has 0 aliphatic rings. The van der Waals surface area contributed by atoms with Gasteiger partial charge in [-0.15, -0.1) is 0 Å². The lowest BCUT2D eigenvalue weighted by molar-refractivity contribution is 0.0958. The van der Waals surface area contributed by atoms with E-state index < -0.39 is 0 Å². The number of hydrogen-bond donors (Lipinski definition) is 1. The van der Waals surface area contributed by atoms with E-state index in [2.05, 4.69) is 13.8 Å². The largest absolute Gasteiger partial charge is 0.398 e. The third kappa shape index (κ3) is 4.22. The third-order valence-corrected chi connectivity index (χ3v) is 3.28. The molecule has 0 amide bonds. The number of nitrogens with two attached hydrogens (primary N) is 1. The van der Waals surface area contributed by atoms with Crippen molar-refractivity contribution in [3.63, 3.8) is 0 Å². The van der Waals surface area contributed by atoms with Crippen molar-refractivity contribution < 1.29 is 4.79 Å². The number of nitrogen functional groups attached to an aromatic ring is 1. The fourth-order valence-electron chi connectivity index (χ4n) is 2.07. The van der Waals surface area contributed by atoms with Crippen molar-refractivity contribution in [2.75, 3.05) is 5.73 Å². The molecule has 94 valence electrons. The van der Waals surface area contributed by atoms with Crippen LogP contribution in [0.3, 0.4) is 0 Å². The van der Waals surface area contributed by atoms with E-state index in [1.54, 1.807) is 6.07 Å². The molecule has 2 nitrogen and oxygen atoms in total.